The van der Waals surface area contributed by atoms with Crippen molar-refractivity contribution >= 4 is 33.4 Å². The summed E-state index contributed by atoms with van der Waals surface area (Å²) in [6.07, 6.45) is 4.06. The van der Waals surface area contributed by atoms with Gasteiger partial charge in [0, 0.05) is 17.0 Å². The molecule has 8 heteroatoms. The van der Waals surface area contributed by atoms with Gasteiger partial charge in [0.15, 0.2) is 0 Å². The van der Waals surface area contributed by atoms with Gasteiger partial charge in [0.05, 0.1) is 10.9 Å². The molecule has 2 N–H and O–H groups in total. The van der Waals surface area contributed by atoms with Crippen molar-refractivity contribution in [3.8, 4) is 11.4 Å². The van der Waals surface area contributed by atoms with Crippen LogP contribution < -0.4 is 10.9 Å². The first-order valence-corrected chi connectivity index (χ1v) is 10.4. The highest BCUT2D eigenvalue weighted by molar-refractivity contribution is 7.17. The minimum Gasteiger partial charge on any atom is -0.478 e. The van der Waals surface area contributed by atoms with Crippen LogP contribution in [0.2, 0.25) is 0 Å². The second-order valence-corrected chi connectivity index (χ2v) is 8.23. The SMILES string of the molecule is Cc1ccc(-c2nc3scc(C(=O)O)c3c(=O)n2CC(=O)NC2CCCC2)cc1. The molecule has 1 aromatic carbocycles. The number of fused-ring (bicyclic) bond motifs is 1. The molecular weight excluding hydrogens is 390 g/mol. The highest BCUT2D eigenvalue weighted by Gasteiger charge is 2.23. The van der Waals surface area contributed by atoms with Crippen LogP contribution in [0.25, 0.3) is 21.6 Å². The molecule has 0 unspecified atom stereocenters. The first kappa shape index (κ1) is 19.3. The molecule has 0 radical (unpaired) electrons. The number of hydrogen-bond acceptors (Lipinski definition) is 5. The van der Waals surface area contributed by atoms with Crippen LogP contribution in [0.4, 0.5) is 0 Å². The Morgan fingerprint density at radius 1 is 1.24 bits per heavy atom. The number of carbonyl (C=O) groups is 2. The maximum atomic E-state index is 13.2. The minimum absolute atomic E-state index is 0.0482. The fourth-order valence-corrected chi connectivity index (χ4v) is 4.64. The number of nitrogens with zero attached hydrogens (tertiary/aromatic N) is 2. The first-order chi connectivity index (χ1) is 13.9. The number of aromatic carboxylic acids is 1. The Balaban J connectivity index is 1.82. The van der Waals surface area contributed by atoms with Crippen LogP contribution in [0, 0.1) is 6.92 Å². The molecule has 1 saturated carbocycles. The van der Waals surface area contributed by atoms with E-state index in [0.717, 1.165) is 42.6 Å². The molecule has 0 bridgehead atoms. The number of thiophene rings is 1. The number of carboxylic acid groups (broad SMARTS) is 1. The highest BCUT2D eigenvalue weighted by atomic mass is 32.1. The van der Waals surface area contributed by atoms with Gasteiger partial charge in [-0.15, -0.1) is 11.3 Å². The third-order valence-corrected chi connectivity index (χ3v) is 6.13. The van der Waals surface area contributed by atoms with Gasteiger partial charge in [-0.25, -0.2) is 9.78 Å². The summed E-state index contributed by atoms with van der Waals surface area (Å²) in [7, 11) is 0. The van der Waals surface area contributed by atoms with E-state index in [1.54, 1.807) is 0 Å². The van der Waals surface area contributed by atoms with Crippen LogP contribution in [0.3, 0.4) is 0 Å². The number of nitrogens with one attached hydrogen (secondary N) is 1. The van der Waals surface area contributed by atoms with Crippen LogP contribution in [-0.4, -0.2) is 32.6 Å². The molecule has 1 fully saturated rings. The lowest BCUT2D eigenvalue weighted by Gasteiger charge is -2.15. The van der Waals surface area contributed by atoms with E-state index >= 15 is 0 Å². The molecule has 2 heterocycles. The predicted molar refractivity (Wildman–Crippen MR) is 111 cm³/mol. The summed E-state index contributed by atoms with van der Waals surface area (Å²) in [5, 5.41) is 13.9. The molecule has 29 heavy (non-hydrogen) atoms. The molecular formula is C21H21N3O4S. The highest BCUT2D eigenvalue weighted by Crippen LogP contribution is 2.26. The molecule has 7 nitrogen and oxygen atoms in total. The van der Waals surface area contributed by atoms with Crippen molar-refractivity contribution in [2.45, 2.75) is 45.2 Å². The zero-order valence-electron chi connectivity index (χ0n) is 16.0. The van der Waals surface area contributed by atoms with Crippen molar-refractivity contribution in [2.24, 2.45) is 0 Å². The molecule has 4 rings (SSSR count). The third kappa shape index (κ3) is 3.80. The number of rotatable bonds is 5. The molecule has 1 aliphatic carbocycles. The molecule has 0 spiro atoms. The number of carbonyl (C=O) groups excluding carboxylic acids is 1. The Bertz CT molecular complexity index is 1140. The van der Waals surface area contributed by atoms with Gasteiger partial charge in [0.25, 0.3) is 5.56 Å². The fourth-order valence-electron chi connectivity index (χ4n) is 3.74. The Hall–Kier alpha value is -3.00. The van der Waals surface area contributed by atoms with Gasteiger partial charge in [-0.2, -0.15) is 0 Å². The zero-order chi connectivity index (χ0) is 20.5. The number of aromatic nitrogens is 2. The molecule has 0 saturated heterocycles. The molecule has 3 aromatic rings. The van der Waals surface area contributed by atoms with Crippen molar-refractivity contribution in [3.05, 3.63) is 51.1 Å². The molecule has 1 aliphatic rings. The van der Waals surface area contributed by atoms with E-state index in [1.807, 2.05) is 31.2 Å². The second-order valence-electron chi connectivity index (χ2n) is 7.38. The minimum atomic E-state index is -1.18. The molecule has 2 aromatic heterocycles. The van der Waals surface area contributed by atoms with E-state index < -0.39 is 11.5 Å². The fraction of sp³-hybridized carbons (Fsp3) is 0.333. The van der Waals surface area contributed by atoms with Crippen molar-refractivity contribution < 1.29 is 14.7 Å². The normalized spacial score (nSPS) is 14.4. The van der Waals surface area contributed by atoms with Gasteiger partial charge in [0.1, 0.15) is 17.2 Å². The van der Waals surface area contributed by atoms with Gasteiger partial charge < -0.3 is 10.4 Å². The Morgan fingerprint density at radius 3 is 2.59 bits per heavy atom. The lowest BCUT2D eigenvalue weighted by Crippen LogP contribution is -2.38. The number of benzene rings is 1. The molecule has 0 aliphatic heterocycles. The average molecular weight is 411 g/mol. The zero-order valence-corrected chi connectivity index (χ0v) is 16.8. The summed E-state index contributed by atoms with van der Waals surface area (Å²) in [6.45, 7) is 1.76. The average Bonchev–Trinajstić information content (AvgIpc) is 3.34. The first-order valence-electron chi connectivity index (χ1n) is 9.56. The summed E-state index contributed by atoms with van der Waals surface area (Å²) >= 11 is 1.12. The van der Waals surface area contributed by atoms with Crippen molar-refractivity contribution in [3.63, 3.8) is 0 Å². The van der Waals surface area contributed by atoms with Crippen LogP contribution in [0.5, 0.6) is 0 Å². The van der Waals surface area contributed by atoms with Crippen LogP contribution in [0.15, 0.2) is 34.4 Å². The maximum Gasteiger partial charge on any atom is 0.337 e. The van der Waals surface area contributed by atoms with Crippen molar-refractivity contribution in [2.75, 3.05) is 0 Å². The lowest BCUT2D eigenvalue weighted by atomic mass is 10.1. The molecule has 1 amide bonds. The summed E-state index contributed by atoms with van der Waals surface area (Å²) in [4.78, 5) is 42.3. The number of carboxylic acids is 1. The number of amides is 1. The van der Waals surface area contributed by atoms with Crippen LogP contribution in [0.1, 0.15) is 41.6 Å². The molecule has 0 atom stereocenters. The number of aryl methyl sites for hydroxylation is 1. The van der Waals surface area contributed by atoms with Gasteiger partial charge in [-0.1, -0.05) is 42.7 Å². The summed E-state index contributed by atoms with van der Waals surface area (Å²) in [5.41, 5.74) is 1.18. The molecule has 150 valence electrons. The van der Waals surface area contributed by atoms with Gasteiger partial charge >= 0.3 is 5.97 Å². The topological polar surface area (TPSA) is 101 Å². The van der Waals surface area contributed by atoms with E-state index in [-0.39, 0.29) is 29.4 Å². The smallest absolute Gasteiger partial charge is 0.337 e. The monoisotopic (exact) mass is 411 g/mol. The van der Waals surface area contributed by atoms with Crippen molar-refractivity contribution in [1.29, 1.82) is 0 Å². The Morgan fingerprint density at radius 2 is 1.93 bits per heavy atom. The second kappa shape index (κ2) is 7.79. The maximum absolute atomic E-state index is 13.2. The predicted octanol–water partition coefficient (Wildman–Crippen LogP) is 3.19. The van der Waals surface area contributed by atoms with E-state index in [9.17, 15) is 19.5 Å². The van der Waals surface area contributed by atoms with Crippen molar-refractivity contribution in [1.82, 2.24) is 14.9 Å². The van der Waals surface area contributed by atoms with E-state index in [4.69, 9.17) is 0 Å². The standard InChI is InChI=1S/C21H21N3O4S/c1-12-6-8-13(9-7-12)18-23-19-17(15(11-29-19)21(27)28)20(26)24(18)10-16(25)22-14-4-2-3-5-14/h6-9,11,14H,2-5,10H2,1H3,(H,22,25)(H,27,28). The Labute approximate surface area is 171 Å². The summed E-state index contributed by atoms with van der Waals surface area (Å²) in [6, 6.07) is 7.64. The van der Waals surface area contributed by atoms with Crippen LogP contribution in [-0.2, 0) is 11.3 Å². The quantitative estimate of drug-likeness (QED) is 0.671. The van der Waals surface area contributed by atoms with Gasteiger partial charge in [-0.3, -0.25) is 14.2 Å². The summed E-state index contributed by atoms with van der Waals surface area (Å²) < 4.78 is 1.29. The van der Waals surface area contributed by atoms with Gasteiger partial charge in [-0.05, 0) is 19.8 Å². The Kier molecular flexibility index (Phi) is 5.19. The van der Waals surface area contributed by atoms with E-state index in [0.29, 0.717) is 16.2 Å². The van der Waals surface area contributed by atoms with Crippen LogP contribution >= 0.6 is 11.3 Å². The van der Waals surface area contributed by atoms with E-state index in [2.05, 4.69) is 10.3 Å². The lowest BCUT2D eigenvalue weighted by molar-refractivity contribution is -0.122. The van der Waals surface area contributed by atoms with E-state index in [1.165, 1.54) is 9.95 Å². The summed E-state index contributed by atoms with van der Waals surface area (Å²) in [5.74, 6) is -1.08. The van der Waals surface area contributed by atoms with Gasteiger partial charge in [0.2, 0.25) is 5.91 Å². The third-order valence-electron chi connectivity index (χ3n) is 5.26. The largest absolute Gasteiger partial charge is 0.478 e. The number of hydrogen-bond donors (Lipinski definition) is 2.